The van der Waals surface area contributed by atoms with Crippen LogP contribution in [0.1, 0.15) is 69.4 Å². The average Bonchev–Trinajstić information content (AvgIpc) is 2.67. The zero-order valence-electron chi connectivity index (χ0n) is 15.5. The van der Waals surface area contributed by atoms with Gasteiger partial charge in [-0.3, -0.25) is 0 Å². The first-order chi connectivity index (χ1) is 12.7. The molecule has 26 heavy (non-hydrogen) atoms. The van der Waals surface area contributed by atoms with E-state index in [2.05, 4.69) is 30.6 Å². The van der Waals surface area contributed by atoms with E-state index < -0.39 is 5.82 Å². The molecule has 0 bridgehead atoms. The van der Waals surface area contributed by atoms with Crippen LogP contribution in [0.5, 0.6) is 0 Å². The molecule has 0 N–H and O–H groups in total. The van der Waals surface area contributed by atoms with Crippen molar-refractivity contribution in [1.82, 2.24) is 0 Å². The van der Waals surface area contributed by atoms with E-state index in [4.69, 9.17) is 5.26 Å². The Labute approximate surface area is 157 Å². The molecule has 1 aromatic rings. The molecule has 0 radical (unpaired) electrons. The highest BCUT2D eigenvalue weighted by Gasteiger charge is 2.29. The van der Waals surface area contributed by atoms with Crippen LogP contribution in [-0.4, -0.2) is 0 Å². The maximum atomic E-state index is 13.9. The van der Waals surface area contributed by atoms with Gasteiger partial charge in [-0.2, -0.15) is 5.26 Å². The minimum absolute atomic E-state index is 0.249. The molecule has 0 aromatic heterocycles. The average molecular weight is 347 g/mol. The molecule has 2 saturated carbocycles. The molecule has 0 spiro atoms. The van der Waals surface area contributed by atoms with Gasteiger partial charge in [-0.1, -0.05) is 31.6 Å². The first kappa shape index (κ1) is 18.5. The highest BCUT2D eigenvalue weighted by atomic mass is 19.1. The maximum Gasteiger partial charge on any atom is 0.152 e. The molecule has 2 aliphatic rings. The lowest BCUT2D eigenvalue weighted by molar-refractivity contribution is 0.162. The summed E-state index contributed by atoms with van der Waals surface area (Å²) in [4.78, 5) is 0. The SMILES string of the molecule is CC1CCC(C2CCC(C#Cc3ccc(C#CC#N)c(F)c3)CC2)CC1. The predicted octanol–water partition coefficient (Wildman–Crippen LogP) is 5.68. The molecule has 0 aliphatic heterocycles. The molecule has 0 atom stereocenters. The van der Waals surface area contributed by atoms with Crippen molar-refractivity contribution in [1.29, 1.82) is 5.26 Å². The van der Waals surface area contributed by atoms with E-state index in [1.165, 1.54) is 57.4 Å². The van der Waals surface area contributed by atoms with Crippen molar-refractivity contribution in [2.45, 2.75) is 58.3 Å². The zero-order valence-corrected chi connectivity index (χ0v) is 15.5. The Morgan fingerprint density at radius 1 is 0.923 bits per heavy atom. The van der Waals surface area contributed by atoms with E-state index in [9.17, 15) is 4.39 Å². The fraction of sp³-hybridized carbons (Fsp3) is 0.542. The fourth-order valence-electron chi connectivity index (χ4n) is 4.47. The largest absolute Gasteiger partial charge is 0.206 e. The van der Waals surface area contributed by atoms with Crippen LogP contribution in [0.3, 0.4) is 0 Å². The zero-order chi connectivity index (χ0) is 18.4. The smallest absolute Gasteiger partial charge is 0.152 e. The second-order valence-corrected chi connectivity index (χ2v) is 7.96. The molecule has 2 aliphatic carbocycles. The Hall–Kier alpha value is -2.24. The van der Waals surface area contributed by atoms with E-state index in [1.807, 2.05) is 0 Å². The van der Waals surface area contributed by atoms with E-state index in [-0.39, 0.29) is 5.56 Å². The summed E-state index contributed by atoms with van der Waals surface area (Å²) in [6.45, 7) is 2.38. The molecule has 2 fully saturated rings. The molecule has 2 heteroatoms. The first-order valence-electron chi connectivity index (χ1n) is 9.87. The van der Waals surface area contributed by atoms with Crippen molar-refractivity contribution in [3.05, 3.63) is 35.1 Å². The second-order valence-electron chi connectivity index (χ2n) is 7.96. The Balaban J connectivity index is 1.54. The summed E-state index contributed by atoms with van der Waals surface area (Å²) in [6.07, 6.45) is 10.6. The van der Waals surface area contributed by atoms with Crippen LogP contribution in [0.2, 0.25) is 0 Å². The number of hydrogen-bond donors (Lipinski definition) is 0. The van der Waals surface area contributed by atoms with E-state index >= 15 is 0 Å². The first-order valence-corrected chi connectivity index (χ1v) is 9.87. The summed E-state index contributed by atoms with van der Waals surface area (Å²) in [5.41, 5.74) is 0.938. The molecule has 0 amide bonds. The van der Waals surface area contributed by atoms with Gasteiger partial charge in [0, 0.05) is 17.4 Å². The third kappa shape index (κ3) is 4.90. The summed E-state index contributed by atoms with van der Waals surface area (Å²) < 4.78 is 13.9. The third-order valence-corrected chi connectivity index (χ3v) is 6.14. The van der Waals surface area contributed by atoms with Crippen molar-refractivity contribution >= 4 is 0 Å². The van der Waals surface area contributed by atoms with E-state index in [0.29, 0.717) is 11.5 Å². The Morgan fingerprint density at radius 2 is 1.58 bits per heavy atom. The second kappa shape index (κ2) is 8.92. The van der Waals surface area contributed by atoms with Crippen LogP contribution < -0.4 is 0 Å². The van der Waals surface area contributed by atoms with Crippen LogP contribution >= 0.6 is 0 Å². The molecular formula is C24H26FN. The van der Waals surface area contributed by atoms with Gasteiger partial charge in [-0.15, -0.1) is 0 Å². The topological polar surface area (TPSA) is 23.8 Å². The summed E-state index contributed by atoms with van der Waals surface area (Å²) in [7, 11) is 0. The van der Waals surface area contributed by atoms with Gasteiger partial charge in [0.05, 0.1) is 5.56 Å². The number of benzene rings is 1. The lowest BCUT2D eigenvalue weighted by atomic mass is 9.69. The van der Waals surface area contributed by atoms with Gasteiger partial charge in [-0.05, 0) is 80.4 Å². The highest BCUT2D eigenvalue weighted by Crippen LogP contribution is 2.41. The summed E-state index contributed by atoms with van der Waals surface area (Å²) in [5.74, 6) is 14.0. The van der Waals surface area contributed by atoms with Gasteiger partial charge in [0.1, 0.15) is 5.82 Å². The monoisotopic (exact) mass is 347 g/mol. The minimum Gasteiger partial charge on any atom is -0.206 e. The Kier molecular flexibility index (Phi) is 6.36. The number of rotatable bonds is 1. The van der Waals surface area contributed by atoms with Gasteiger partial charge < -0.3 is 0 Å². The lowest BCUT2D eigenvalue weighted by Crippen LogP contribution is -2.24. The summed E-state index contributed by atoms with van der Waals surface area (Å²) >= 11 is 0. The summed E-state index contributed by atoms with van der Waals surface area (Å²) in [5, 5.41) is 8.45. The number of nitriles is 1. The van der Waals surface area contributed by atoms with Gasteiger partial charge in [-0.25, -0.2) is 4.39 Å². The van der Waals surface area contributed by atoms with E-state index in [1.54, 1.807) is 18.2 Å². The highest BCUT2D eigenvalue weighted by molar-refractivity contribution is 5.44. The van der Waals surface area contributed by atoms with Crippen LogP contribution in [0.15, 0.2) is 18.2 Å². The van der Waals surface area contributed by atoms with Crippen LogP contribution in [-0.2, 0) is 0 Å². The van der Waals surface area contributed by atoms with Gasteiger partial charge in [0.15, 0.2) is 6.07 Å². The van der Waals surface area contributed by atoms with Gasteiger partial charge in [0.2, 0.25) is 0 Å². The lowest BCUT2D eigenvalue weighted by Gasteiger charge is -2.36. The third-order valence-electron chi connectivity index (χ3n) is 6.14. The molecule has 0 heterocycles. The molecular weight excluding hydrogens is 321 g/mol. The van der Waals surface area contributed by atoms with Crippen LogP contribution in [0.25, 0.3) is 0 Å². The molecule has 1 nitrogen and oxygen atoms in total. The molecule has 0 saturated heterocycles. The molecule has 134 valence electrons. The quantitative estimate of drug-likeness (QED) is 0.599. The van der Waals surface area contributed by atoms with Crippen LogP contribution in [0, 0.1) is 64.5 Å². The standard InChI is InChI=1S/C24H26FN/c1-18-4-11-21(12-5-18)22-13-8-19(9-14-22)6-7-20-10-15-23(3-2-16-26)24(25)17-20/h10,15,17-19,21-22H,4-5,8-9,11-14H2,1H3. The predicted molar refractivity (Wildman–Crippen MR) is 102 cm³/mol. The van der Waals surface area contributed by atoms with Gasteiger partial charge in [0.25, 0.3) is 0 Å². The van der Waals surface area contributed by atoms with Crippen molar-refractivity contribution in [3.8, 4) is 29.8 Å². The Bertz CT molecular complexity index is 779. The molecule has 0 unspecified atom stereocenters. The van der Waals surface area contributed by atoms with Crippen molar-refractivity contribution in [3.63, 3.8) is 0 Å². The number of nitrogens with zero attached hydrogens (tertiary/aromatic N) is 1. The fourth-order valence-corrected chi connectivity index (χ4v) is 4.47. The van der Waals surface area contributed by atoms with E-state index in [0.717, 1.165) is 17.8 Å². The number of halogens is 1. The summed E-state index contributed by atoms with van der Waals surface area (Å²) in [6, 6.07) is 6.51. The maximum absolute atomic E-state index is 13.9. The normalized spacial score (nSPS) is 28.0. The molecule has 1 aromatic carbocycles. The molecule has 3 rings (SSSR count). The van der Waals surface area contributed by atoms with Crippen LogP contribution in [0.4, 0.5) is 4.39 Å². The van der Waals surface area contributed by atoms with Crippen molar-refractivity contribution in [2.24, 2.45) is 23.7 Å². The van der Waals surface area contributed by atoms with Gasteiger partial charge >= 0.3 is 0 Å². The Morgan fingerprint density at radius 3 is 2.19 bits per heavy atom. The number of hydrogen-bond acceptors (Lipinski definition) is 1. The minimum atomic E-state index is -0.408. The van der Waals surface area contributed by atoms with Crippen molar-refractivity contribution in [2.75, 3.05) is 0 Å². The van der Waals surface area contributed by atoms with Crippen molar-refractivity contribution < 1.29 is 4.39 Å².